The van der Waals surface area contributed by atoms with E-state index >= 15 is 0 Å². The van der Waals surface area contributed by atoms with Gasteiger partial charge in [-0.1, -0.05) is 11.3 Å². The Kier molecular flexibility index (Phi) is 4.58. The van der Waals surface area contributed by atoms with E-state index in [1.807, 2.05) is 4.72 Å². The number of benzene rings is 1. The first-order valence-electron chi connectivity index (χ1n) is 5.14. The maximum absolute atomic E-state index is 13.5. The Morgan fingerprint density at radius 2 is 1.86 bits per heavy atom. The Labute approximate surface area is 142 Å². The average molecular weight is 479 g/mol. The number of primary sulfonamides is 1. The fourth-order valence-electron chi connectivity index (χ4n) is 1.26. The molecule has 120 valence electrons. The topological polar surface area (TPSA) is 158 Å². The Balaban J connectivity index is 2.38. The second-order valence-electron chi connectivity index (χ2n) is 3.82. The lowest BCUT2D eigenvalue weighted by Gasteiger charge is -2.07. The van der Waals surface area contributed by atoms with Gasteiger partial charge in [-0.25, -0.2) is 26.4 Å². The fourth-order valence-corrected chi connectivity index (χ4v) is 4.66. The van der Waals surface area contributed by atoms with Crippen molar-refractivity contribution in [3.8, 4) is 0 Å². The van der Waals surface area contributed by atoms with E-state index in [1.54, 1.807) is 22.6 Å². The fraction of sp³-hybridized carbons (Fsp3) is 0. The predicted octanol–water partition coefficient (Wildman–Crippen LogP) is 0.312. The van der Waals surface area contributed by atoms with Crippen LogP contribution in [0.15, 0.2) is 21.4 Å². The molecule has 22 heavy (non-hydrogen) atoms. The van der Waals surface area contributed by atoms with Crippen LogP contribution in [-0.2, 0) is 20.0 Å². The van der Waals surface area contributed by atoms with E-state index in [0.717, 1.165) is 12.1 Å². The van der Waals surface area contributed by atoms with Gasteiger partial charge in [-0.2, -0.15) is 0 Å². The SMILES string of the molecule is Nc1c(F)cc(S(=O)(=O)Nc2nnc(S(N)(=O)=O)s2)cc1I. The monoisotopic (exact) mass is 479 g/mol. The number of aromatic nitrogens is 2. The quantitative estimate of drug-likeness (QED) is 0.421. The molecule has 1 aromatic heterocycles. The molecule has 14 heteroatoms. The van der Waals surface area contributed by atoms with E-state index in [1.165, 1.54) is 0 Å². The summed E-state index contributed by atoms with van der Waals surface area (Å²) >= 11 is 2.11. The number of sulfonamides is 2. The molecule has 9 nitrogen and oxygen atoms in total. The van der Waals surface area contributed by atoms with Crippen LogP contribution in [0.25, 0.3) is 0 Å². The number of nitrogens with one attached hydrogen (secondary N) is 1. The van der Waals surface area contributed by atoms with Crippen molar-refractivity contribution in [3.63, 3.8) is 0 Å². The zero-order valence-corrected chi connectivity index (χ0v) is 14.9. The number of nitrogen functional groups attached to an aromatic ring is 1. The molecule has 0 fully saturated rings. The highest BCUT2D eigenvalue weighted by atomic mass is 127. The third-order valence-electron chi connectivity index (χ3n) is 2.23. The molecule has 0 saturated heterocycles. The van der Waals surface area contributed by atoms with Crippen LogP contribution < -0.4 is 15.6 Å². The second-order valence-corrected chi connectivity index (χ2v) is 9.38. The number of hydrogen-bond donors (Lipinski definition) is 3. The molecule has 0 spiro atoms. The minimum Gasteiger partial charge on any atom is -0.395 e. The van der Waals surface area contributed by atoms with Crippen molar-refractivity contribution in [1.29, 1.82) is 0 Å². The van der Waals surface area contributed by atoms with Crippen molar-refractivity contribution in [2.45, 2.75) is 9.24 Å². The summed E-state index contributed by atoms with van der Waals surface area (Å²) in [7, 11) is -8.27. The molecule has 2 rings (SSSR count). The molecule has 0 unspecified atom stereocenters. The van der Waals surface area contributed by atoms with Crippen molar-refractivity contribution in [2.75, 3.05) is 10.5 Å². The largest absolute Gasteiger partial charge is 0.395 e. The van der Waals surface area contributed by atoms with Gasteiger partial charge >= 0.3 is 0 Å². The lowest BCUT2D eigenvalue weighted by molar-refractivity contribution is 0.595. The van der Waals surface area contributed by atoms with E-state index in [-0.39, 0.29) is 14.4 Å². The molecular weight excluding hydrogens is 472 g/mol. The van der Waals surface area contributed by atoms with Crippen LogP contribution in [-0.4, -0.2) is 27.0 Å². The highest BCUT2D eigenvalue weighted by Crippen LogP contribution is 2.26. The summed E-state index contributed by atoms with van der Waals surface area (Å²) in [5.41, 5.74) is 5.23. The molecule has 1 heterocycles. The number of anilines is 2. The Bertz CT molecular complexity index is 919. The van der Waals surface area contributed by atoms with Gasteiger partial charge in [0.05, 0.1) is 10.6 Å². The van der Waals surface area contributed by atoms with Gasteiger partial charge in [0.15, 0.2) is 0 Å². The highest BCUT2D eigenvalue weighted by Gasteiger charge is 2.22. The van der Waals surface area contributed by atoms with E-state index in [9.17, 15) is 21.2 Å². The van der Waals surface area contributed by atoms with E-state index < -0.39 is 35.1 Å². The number of nitrogens with zero attached hydrogens (tertiary/aromatic N) is 2. The van der Waals surface area contributed by atoms with Gasteiger partial charge in [0, 0.05) is 3.57 Å². The molecule has 0 aliphatic heterocycles. The third kappa shape index (κ3) is 3.62. The molecule has 0 bridgehead atoms. The summed E-state index contributed by atoms with van der Waals surface area (Å²) in [4.78, 5) is -0.393. The standard InChI is InChI=1S/C8H7FIN5O4S3/c9-4-1-3(2-5(10)6(4)11)22(18,19)15-7-13-14-8(20-7)21(12,16)17/h1-2H,11H2,(H,13,15)(H2,12,16,17). The summed E-state index contributed by atoms with van der Waals surface area (Å²) in [6, 6.07) is 1.89. The first kappa shape index (κ1) is 17.3. The lowest BCUT2D eigenvalue weighted by Crippen LogP contribution is -2.14. The molecule has 0 saturated carbocycles. The van der Waals surface area contributed by atoms with Gasteiger partial charge in [0.25, 0.3) is 20.0 Å². The van der Waals surface area contributed by atoms with E-state index in [4.69, 9.17) is 10.9 Å². The smallest absolute Gasteiger partial charge is 0.267 e. The van der Waals surface area contributed by atoms with Crippen LogP contribution in [0.4, 0.5) is 15.2 Å². The van der Waals surface area contributed by atoms with Crippen LogP contribution in [0.1, 0.15) is 0 Å². The van der Waals surface area contributed by atoms with Gasteiger partial charge in [0.2, 0.25) is 9.47 Å². The van der Waals surface area contributed by atoms with Crippen LogP contribution in [0, 0.1) is 9.39 Å². The summed E-state index contributed by atoms with van der Waals surface area (Å²) in [5.74, 6) is -0.894. The molecule has 1 aromatic carbocycles. The lowest BCUT2D eigenvalue weighted by atomic mass is 10.3. The normalized spacial score (nSPS) is 12.3. The number of hydrogen-bond acceptors (Lipinski definition) is 8. The van der Waals surface area contributed by atoms with Gasteiger partial charge in [-0.15, -0.1) is 10.2 Å². The molecule has 0 amide bonds. The summed E-state index contributed by atoms with van der Waals surface area (Å²) in [6.07, 6.45) is 0. The zero-order chi connectivity index (χ0) is 16.7. The Morgan fingerprint density at radius 3 is 2.36 bits per heavy atom. The molecule has 0 aliphatic rings. The Hall–Kier alpha value is -1.10. The average Bonchev–Trinajstić information content (AvgIpc) is 2.82. The van der Waals surface area contributed by atoms with Gasteiger partial charge in [0.1, 0.15) is 5.82 Å². The second kappa shape index (κ2) is 5.84. The summed E-state index contributed by atoms with van der Waals surface area (Å²) in [5, 5.41) is 11.1. The van der Waals surface area contributed by atoms with Crippen molar-refractivity contribution < 1.29 is 21.2 Å². The van der Waals surface area contributed by atoms with Crippen LogP contribution in [0.5, 0.6) is 0 Å². The zero-order valence-electron chi connectivity index (χ0n) is 10.3. The van der Waals surface area contributed by atoms with Gasteiger partial charge < -0.3 is 5.73 Å². The van der Waals surface area contributed by atoms with Crippen molar-refractivity contribution in [1.82, 2.24) is 10.2 Å². The summed E-state index contributed by atoms with van der Waals surface area (Å²) < 4.78 is 61.5. The first-order chi connectivity index (χ1) is 10.0. The molecule has 0 atom stereocenters. The van der Waals surface area contributed by atoms with Crippen LogP contribution >= 0.6 is 33.9 Å². The van der Waals surface area contributed by atoms with E-state index in [0.29, 0.717) is 11.3 Å². The molecule has 2 aromatic rings. The van der Waals surface area contributed by atoms with Crippen molar-refractivity contribution in [3.05, 3.63) is 21.5 Å². The molecular formula is C8H7FIN5O4S3. The Morgan fingerprint density at radius 1 is 1.23 bits per heavy atom. The predicted molar refractivity (Wildman–Crippen MR) is 85.6 cm³/mol. The first-order valence-corrected chi connectivity index (χ1v) is 10.1. The number of halogens is 2. The summed E-state index contributed by atoms with van der Waals surface area (Å²) in [6.45, 7) is 0. The molecule has 0 aliphatic carbocycles. The maximum atomic E-state index is 13.5. The number of nitrogens with two attached hydrogens (primary N) is 2. The minimum atomic E-state index is -4.19. The van der Waals surface area contributed by atoms with Crippen LogP contribution in [0.2, 0.25) is 0 Å². The van der Waals surface area contributed by atoms with Crippen molar-refractivity contribution in [2.24, 2.45) is 5.14 Å². The maximum Gasteiger partial charge on any atom is 0.267 e. The van der Waals surface area contributed by atoms with Crippen molar-refractivity contribution >= 4 is 64.8 Å². The van der Waals surface area contributed by atoms with Gasteiger partial charge in [-0.05, 0) is 34.7 Å². The molecule has 0 radical (unpaired) electrons. The minimum absolute atomic E-state index is 0.174. The van der Waals surface area contributed by atoms with Crippen LogP contribution in [0.3, 0.4) is 0 Å². The van der Waals surface area contributed by atoms with Gasteiger partial charge in [-0.3, -0.25) is 4.72 Å². The third-order valence-corrected chi connectivity index (χ3v) is 6.72. The number of rotatable bonds is 4. The highest BCUT2D eigenvalue weighted by molar-refractivity contribution is 14.1. The molecule has 5 N–H and O–H groups in total. The van der Waals surface area contributed by atoms with E-state index in [2.05, 4.69) is 10.2 Å².